The Bertz CT molecular complexity index is 679. The fourth-order valence-electron chi connectivity index (χ4n) is 1.77. The third-order valence-electron chi connectivity index (χ3n) is 3.58. The van der Waals surface area contributed by atoms with E-state index in [1.54, 1.807) is 0 Å². The van der Waals surface area contributed by atoms with Gasteiger partial charge in [-0.25, -0.2) is 4.39 Å². The lowest BCUT2D eigenvalue weighted by atomic mass is 9.99. The van der Waals surface area contributed by atoms with Crippen molar-refractivity contribution in [3.05, 3.63) is 42.9 Å². The Morgan fingerprint density at radius 1 is 1.29 bits per heavy atom. The number of aromatic nitrogens is 2. The van der Waals surface area contributed by atoms with Gasteiger partial charge in [-0.3, -0.25) is 9.48 Å². The van der Waals surface area contributed by atoms with Crippen LogP contribution in [-0.2, 0) is 11.8 Å². The lowest BCUT2D eigenvalue weighted by Gasteiger charge is -2.05. The molecule has 2 aromatic rings. The van der Waals surface area contributed by atoms with Crippen LogP contribution in [0.2, 0.25) is 0 Å². The summed E-state index contributed by atoms with van der Waals surface area (Å²) in [5, 5.41) is 4.13. The minimum atomic E-state index is -0.369. The predicted octanol–water partition coefficient (Wildman–Crippen LogP) is 4.86. The van der Waals surface area contributed by atoms with E-state index in [4.69, 9.17) is 5.73 Å². The van der Waals surface area contributed by atoms with E-state index in [0.29, 0.717) is 5.78 Å². The fourth-order valence-corrected chi connectivity index (χ4v) is 3.09. The normalized spacial score (nSPS) is 12.5. The zero-order chi connectivity index (χ0) is 18.4. The van der Waals surface area contributed by atoms with E-state index in [0.717, 1.165) is 38.6 Å². The molecule has 2 N–H and O–H groups in total. The Morgan fingerprint density at radius 2 is 1.83 bits per heavy atom. The number of hydrogen-bond donors (Lipinski definition) is 1. The zero-order valence-corrected chi connectivity index (χ0v) is 18.0. The molecule has 4 nitrogen and oxygen atoms in total. The van der Waals surface area contributed by atoms with Crippen LogP contribution in [0.25, 0.3) is 0 Å². The number of hydrogen-bond acceptors (Lipinski definition) is 3. The van der Waals surface area contributed by atoms with Gasteiger partial charge in [0.25, 0.3) is 0 Å². The van der Waals surface area contributed by atoms with Gasteiger partial charge in [0.2, 0.25) is 0 Å². The summed E-state index contributed by atoms with van der Waals surface area (Å²) < 4.78 is 16.3. The van der Waals surface area contributed by atoms with Crippen LogP contribution in [0.5, 0.6) is 0 Å². The summed E-state index contributed by atoms with van der Waals surface area (Å²) in [6.07, 6.45) is 2.83. The number of Topliss-reactive ketones (excluding diaryl/α,β-unsaturated/α-hetero) is 1. The van der Waals surface area contributed by atoms with Gasteiger partial charge < -0.3 is 5.73 Å². The van der Waals surface area contributed by atoms with Gasteiger partial charge in [0.15, 0.2) is 0 Å². The largest absolute Gasteiger partial charge is 0.395 e. The van der Waals surface area contributed by atoms with Crippen LogP contribution in [0.4, 0.5) is 10.1 Å². The van der Waals surface area contributed by atoms with Crippen molar-refractivity contribution >= 4 is 50.0 Å². The molecule has 1 heterocycles. The molecule has 3 rings (SSSR count). The maximum absolute atomic E-state index is 12.9. The van der Waals surface area contributed by atoms with E-state index in [-0.39, 0.29) is 11.5 Å². The van der Waals surface area contributed by atoms with E-state index in [1.165, 1.54) is 11.8 Å². The summed E-state index contributed by atoms with van der Waals surface area (Å²) >= 11 is 5.26. The second-order valence-electron chi connectivity index (χ2n) is 5.64. The number of nitrogen functional groups attached to an aromatic ring is 1. The van der Waals surface area contributed by atoms with Crippen molar-refractivity contribution in [3.8, 4) is 0 Å². The molecule has 0 bridgehead atoms. The molecular formula is C17H22BrFIN3O. The van der Waals surface area contributed by atoms with E-state index >= 15 is 0 Å². The first-order valence-electron chi connectivity index (χ1n) is 7.52. The Hall–Kier alpha value is -0.960. The van der Waals surface area contributed by atoms with Crippen LogP contribution in [-0.4, -0.2) is 15.6 Å². The lowest BCUT2D eigenvalue weighted by molar-refractivity contribution is -0.123. The van der Waals surface area contributed by atoms with Crippen LogP contribution in [0.15, 0.2) is 16.6 Å². The van der Waals surface area contributed by atoms with Crippen LogP contribution in [0.1, 0.15) is 36.2 Å². The molecule has 0 spiro atoms. The standard InChI is InChI=1S/C7H6BrFIN.C6H10N2.C4H6O/c1-3-4(8)2-5(9)7(11)6(3)10;1-5-4-6(2)8(3)7-5;5-4-2-1-3-4/h2H,11H2,1H3;4H,1-3H3;1-3H2. The van der Waals surface area contributed by atoms with Crippen LogP contribution in [0, 0.1) is 30.2 Å². The highest BCUT2D eigenvalue weighted by Crippen LogP contribution is 2.28. The number of nitrogens with two attached hydrogens (primary N) is 1. The van der Waals surface area contributed by atoms with Gasteiger partial charge in [0, 0.05) is 33.6 Å². The first kappa shape index (κ1) is 21.1. The Labute approximate surface area is 164 Å². The van der Waals surface area contributed by atoms with Crippen molar-refractivity contribution in [3.63, 3.8) is 0 Å². The molecule has 1 saturated carbocycles. The monoisotopic (exact) mass is 509 g/mol. The quantitative estimate of drug-likeness (QED) is 0.407. The van der Waals surface area contributed by atoms with E-state index in [1.807, 2.05) is 55.1 Å². The second kappa shape index (κ2) is 9.50. The molecule has 0 amide bonds. The van der Waals surface area contributed by atoms with Crippen molar-refractivity contribution in [2.45, 2.75) is 40.0 Å². The van der Waals surface area contributed by atoms with Crippen molar-refractivity contribution in [1.82, 2.24) is 9.78 Å². The number of carbonyl (C=O) groups is 1. The lowest BCUT2D eigenvalue weighted by Crippen LogP contribution is -2.07. The topological polar surface area (TPSA) is 60.9 Å². The third kappa shape index (κ3) is 6.16. The molecule has 0 aliphatic heterocycles. The van der Waals surface area contributed by atoms with Crippen LogP contribution >= 0.6 is 38.5 Å². The van der Waals surface area contributed by atoms with Gasteiger partial charge in [0.05, 0.1) is 11.4 Å². The van der Waals surface area contributed by atoms with Gasteiger partial charge >= 0.3 is 0 Å². The molecule has 1 aliphatic rings. The van der Waals surface area contributed by atoms with E-state index < -0.39 is 0 Å². The number of benzene rings is 1. The summed E-state index contributed by atoms with van der Waals surface area (Å²) in [6, 6.07) is 3.44. The van der Waals surface area contributed by atoms with Gasteiger partial charge in [-0.15, -0.1) is 0 Å². The number of aryl methyl sites for hydroxylation is 3. The molecule has 132 valence electrons. The summed E-state index contributed by atoms with van der Waals surface area (Å²) in [5.41, 5.74) is 8.95. The SMILES string of the molecule is Cc1c(Br)cc(F)c(N)c1I.Cc1cc(C)n(C)n1.O=C1CCC1. The minimum Gasteiger partial charge on any atom is -0.395 e. The smallest absolute Gasteiger partial charge is 0.148 e. The third-order valence-corrected chi connectivity index (χ3v) is 5.80. The number of nitrogens with zero attached hydrogens (tertiary/aromatic N) is 2. The molecule has 24 heavy (non-hydrogen) atoms. The van der Waals surface area contributed by atoms with E-state index in [2.05, 4.69) is 27.1 Å². The highest BCUT2D eigenvalue weighted by Gasteiger charge is 2.09. The van der Waals surface area contributed by atoms with Crippen LogP contribution in [0.3, 0.4) is 0 Å². The molecule has 0 saturated heterocycles. The van der Waals surface area contributed by atoms with Gasteiger partial charge in [-0.05, 0) is 67.5 Å². The zero-order valence-electron chi connectivity index (χ0n) is 14.3. The van der Waals surface area contributed by atoms with Gasteiger partial charge in [-0.2, -0.15) is 5.10 Å². The average molecular weight is 510 g/mol. The van der Waals surface area contributed by atoms with Crippen molar-refractivity contribution in [2.75, 3.05) is 5.73 Å². The number of rotatable bonds is 0. The van der Waals surface area contributed by atoms with Crippen LogP contribution < -0.4 is 5.73 Å². The van der Waals surface area contributed by atoms with Crippen molar-refractivity contribution < 1.29 is 9.18 Å². The molecule has 1 aromatic heterocycles. The summed E-state index contributed by atoms with van der Waals surface area (Å²) in [7, 11) is 1.95. The molecule has 0 atom stereocenters. The maximum atomic E-state index is 12.9. The molecule has 0 unspecified atom stereocenters. The summed E-state index contributed by atoms with van der Waals surface area (Å²) in [4.78, 5) is 9.90. The molecule has 7 heteroatoms. The summed E-state index contributed by atoms with van der Waals surface area (Å²) in [5.74, 6) is 0.0666. The number of ketones is 1. The minimum absolute atomic E-state index is 0.228. The fraction of sp³-hybridized carbons (Fsp3) is 0.412. The molecule has 0 radical (unpaired) electrons. The molecule has 1 fully saturated rings. The van der Waals surface area contributed by atoms with Gasteiger partial charge in [0.1, 0.15) is 11.6 Å². The average Bonchev–Trinajstić information content (AvgIpc) is 2.78. The Kier molecular flexibility index (Phi) is 8.35. The van der Waals surface area contributed by atoms with E-state index in [9.17, 15) is 9.18 Å². The second-order valence-corrected chi connectivity index (χ2v) is 7.57. The number of anilines is 1. The molecule has 1 aliphatic carbocycles. The number of halogens is 3. The predicted molar refractivity (Wildman–Crippen MR) is 108 cm³/mol. The van der Waals surface area contributed by atoms with Crippen molar-refractivity contribution in [1.29, 1.82) is 0 Å². The highest BCUT2D eigenvalue weighted by atomic mass is 127. The first-order valence-corrected chi connectivity index (χ1v) is 9.39. The highest BCUT2D eigenvalue weighted by molar-refractivity contribution is 14.1. The molecular weight excluding hydrogens is 488 g/mol. The Balaban J connectivity index is 0.000000193. The van der Waals surface area contributed by atoms with Gasteiger partial charge in [-0.1, -0.05) is 15.9 Å². The van der Waals surface area contributed by atoms with Crippen molar-refractivity contribution in [2.24, 2.45) is 7.05 Å². The summed E-state index contributed by atoms with van der Waals surface area (Å²) in [6.45, 7) is 5.93. The molecule has 1 aromatic carbocycles. The number of carbonyl (C=O) groups excluding carboxylic acids is 1. The Morgan fingerprint density at radius 3 is 2.12 bits per heavy atom. The maximum Gasteiger partial charge on any atom is 0.148 e. The first-order chi connectivity index (χ1) is 11.1.